The first-order valence-electron chi connectivity index (χ1n) is 4.02. The van der Waals surface area contributed by atoms with Crippen LogP contribution in [0.3, 0.4) is 0 Å². The summed E-state index contributed by atoms with van der Waals surface area (Å²) in [5.74, 6) is 1.52. The minimum atomic E-state index is 0.647. The molecule has 68 valence electrons. The summed E-state index contributed by atoms with van der Waals surface area (Å²) >= 11 is 0. The zero-order valence-electron chi connectivity index (χ0n) is 7.61. The van der Waals surface area contributed by atoms with Crippen molar-refractivity contribution >= 4 is 5.82 Å². The molecule has 2 N–H and O–H groups in total. The Kier molecular flexibility index (Phi) is 1.62. The van der Waals surface area contributed by atoms with Crippen molar-refractivity contribution in [3.63, 3.8) is 0 Å². The Morgan fingerprint density at radius 3 is 2.69 bits per heavy atom. The van der Waals surface area contributed by atoms with E-state index in [1.165, 1.54) is 0 Å². The number of aromatic nitrogens is 2. The Hall–Kier alpha value is -1.71. The van der Waals surface area contributed by atoms with Crippen LogP contribution in [0, 0.1) is 6.92 Å². The fourth-order valence-electron chi connectivity index (χ4n) is 1.20. The number of furan rings is 1. The van der Waals surface area contributed by atoms with E-state index in [1.807, 2.05) is 26.1 Å². The Labute approximate surface area is 76.0 Å². The molecule has 0 radical (unpaired) electrons. The lowest BCUT2D eigenvalue weighted by atomic mass is 10.2. The van der Waals surface area contributed by atoms with E-state index in [2.05, 4.69) is 5.10 Å². The highest BCUT2D eigenvalue weighted by Gasteiger charge is 2.06. The van der Waals surface area contributed by atoms with Gasteiger partial charge in [-0.1, -0.05) is 0 Å². The van der Waals surface area contributed by atoms with E-state index in [-0.39, 0.29) is 0 Å². The van der Waals surface area contributed by atoms with E-state index in [0.29, 0.717) is 5.82 Å². The van der Waals surface area contributed by atoms with Crippen molar-refractivity contribution in [3.05, 3.63) is 24.2 Å². The maximum atomic E-state index is 5.65. The van der Waals surface area contributed by atoms with E-state index in [0.717, 1.165) is 17.0 Å². The highest BCUT2D eigenvalue weighted by Crippen LogP contribution is 2.21. The maximum absolute atomic E-state index is 5.65. The number of anilines is 1. The number of nitrogens with zero attached hydrogens (tertiary/aromatic N) is 2. The van der Waals surface area contributed by atoms with Gasteiger partial charge in [-0.2, -0.15) is 5.10 Å². The van der Waals surface area contributed by atoms with Crippen molar-refractivity contribution in [1.82, 2.24) is 9.78 Å². The number of aryl methyl sites for hydroxylation is 2. The van der Waals surface area contributed by atoms with Gasteiger partial charge in [0.05, 0.1) is 5.69 Å². The van der Waals surface area contributed by atoms with Crippen LogP contribution in [0.5, 0.6) is 0 Å². The molecule has 2 heterocycles. The van der Waals surface area contributed by atoms with Crippen molar-refractivity contribution in [1.29, 1.82) is 0 Å². The zero-order chi connectivity index (χ0) is 9.42. The Morgan fingerprint density at radius 1 is 1.46 bits per heavy atom. The van der Waals surface area contributed by atoms with E-state index in [4.69, 9.17) is 10.2 Å². The third kappa shape index (κ3) is 1.30. The van der Waals surface area contributed by atoms with Gasteiger partial charge in [-0.05, 0) is 13.0 Å². The fourth-order valence-corrected chi connectivity index (χ4v) is 1.20. The molecule has 0 saturated heterocycles. The minimum Gasteiger partial charge on any atom is -0.469 e. The highest BCUT2D eigenvalue weighted by molar-refractivity contribution is 5.61. The largest absolute Gasteiger partial charge is 0.469 e. The van der Waals surface area contributed by atoms with Crippen molar-refractivity contribution < 1.29 is 4.42 Å². The molecule has 0 aliphatic rings. The molecule has 0 amide bonds. The number of hydrogen-bond acceptors (Lipinski definition) is 3. The molecule has 13 heavy (non-hydrogen) atoms. The van der Waals surface area contributed by atoms with E-state index in [9.17, 15) is 0 Å². The van der Waals surface area contributed by atoms with Gasteiger partial charge in [0.2, 0.25) is 0 Å². The molecule has 0 bridgehead atoms. The lowest BCUT2D eigenvalue weighted by Crippen LogP contribution is -1.96. The molecule has 0 aliphatic carbocycles. The number of nitrogens with two attached hydrogens (primary N) is 1. The van der Waals surface area contributed by atoms with Crippen LogP contribution in [-0.2, 0) is 7.05 Å². The van der Waals surface area contributed by atoms with Gasteiger partial charge in [-0.25, -0.2) is 0 Å². The third-order valence-corrected chi connectivity index (χ3v) is 1.94. The first-order valence-corrected chi connectivity index (χ1v) is 4.02. The van der Waals surface area contributed by atoms with E-state index < -0.39 is 0 Å². The lowest BCUT2D eigenvalue weighted by Gasteiger charge is -1.88. The summed E-state index contributed by atoms with van der Waals surface area (Å²) in [6.45, 7) is 1.90. The molecule has 4 heteroatoms. The number of hydrogen-bond donors (Lipinski definition) is 1. The normalized spacial score (nSPS) is 10.6. The lowest BCUT2D eigenvalue weighted by molar-refractivity contribution is 0.535. The van der Waals surface area contributed by atoms with Crippen molar-refractivity contribution in [2.24, 2.45) is 7.05 Å². The molecule has 0 atom stereocenters. The van der Waals surface area contributed by atoms with Crippen molar-refractivity contribution in [2.45, 2.75) is 6.92 Å². The SMILES string of the molecule is Cc1cc(-c2cc(N)n(C)n2)co1. The molecule has 0 spiro atoms. The van der Waals surface area contributed by atoms with Gasteiger partial charge in [0, 0.05) is 18.7 Å². The van der Waals surface area contributed by atoms with E-state index in [1.54, 1.807) is 10.9 Å². The quantitative estimate of drug-likeness (QED) is 0.719. The van der Waals surface area contributed by atoms with Crippen LogP contribution in [-0.4, -0.2) is 9.78 Å². The standard InChI is InChI=1S/C9H11N3O/c1-6-3-7(5-13-6)8-4-9(10)12(2)11-8/h3-5H,10H2,1-2H3. The predicted octanol–water partition coefficient (Wildman–Crippen LogP) is 1.57. The molecule has 0 aliphatic heterocycles. The van der Waals surface area contributed by atoms with Gasteiger partial charge in [-0.15, -0.1) is 0 Å². The summed E-state index contributed by atoms with van der Waals surface area (Å²) in [5, 5.41) is 4.23. The smallest absolute Gasteiger partial charge is 0.121 e. The molecule has 0 fully saturated rings. The van der Waals surface area contributed by atoms with Crippen LogP contribution < -0.4 is 5.73 Å². The van der Waals surface area contributed by atoms with Gasteiger partial charge < -0.3 is 10.2 Å². The average molecular weight is 177 g/mol. The Bertz CT molecular complexity index is 408. The van der Waals surface area contributed by atoms with Gasteiger partial charge in [0.25, 0.3) is 0 Å². The first kappa shape index (κ1) is 7.91. The molecule has 2 aromatic rings. The van der Waals surface area contributed by atoms with Crippen molar-refractivity contribution in [2.75, 3.05) is 5.73 Å². The summed E-state index contributed by atoms with van der Waals surface area (Å²) < 4.78 is 6.81. The second-order valence-electron chi connectivity index (χ2n) is 3.02. The average Bonchev–Trinajstić information content (AvgIpc) is 2.61. The monoisotopic (exact) mass is 177 g/mol. The zero-order valence-corrected chi connectivity index (χ0v) is 7.61. The highest BCUT2D eigenvalue weighted by atomic mass is 16.3. The van der Waals surface area contributed by atoms with Gasteiger partial charge >= 0.3 is 0 Å². The summed E-state index contributed by atoms with van der Waals surface area (Å²) in [5.41, 5.74) is 7.46. The van der Waals surface area contributed by atoms with Crippen LogP contribution in [0.15, 0.2) is 22.8 Å². The second-order valence-corrected chi connectivity index (χ2v) is 3.02. The molecule has 0 aromatic carbocycles. The molecular weight excluding hydrogens is 166 g/mol. The van der Waals surface area contributed by atoms with E-state index >= 15 is 0 Å². The third-order valence-electron chi connectivity index (χ3n) is 1.94. The van der Waals surface area contributed by atoms with Crippen LogP contribution in [0.4, 0.5) is 5.82 Å². The predicted molar refractivity (Wildman–Crippen MR) is 50.1 cm³/mol. The fraction of sp³-hybridized carbons (Fsp3) is 0.222. The Morgan fingerprint density at radius 2 is 2.23 bits per heavy atom. The molecule has 2 rings (SSSR count). The summed E-state index contributed by atoms with van der Waals surface area (Å²) in [4.78, 5) is 0. The molecule has 4 nitrogen and oxygen atoms in total. The summed E-state index contributed by atoms with van der Waals surface area (Å²) in [6.07, 6.45) is 1.68. The summed E-state index contributed by atoms with van der Waals surface area (Å²) in [7, 11) is 1.81. The number of rotatable bonds is 1. The molecular formula is C9H11N3O. The summed E-state index contributed by atoms with van der Waals surface area (Å²) in [6, 6.07) is 3.76. The second kappa shape index (κ2) is 2.65. The number of nitrogen functional groups attached to an aromatic ring is 1. The van der Waals surface area contributed by atoms with Crippen molar-refractivity contribution in [3.8, 4) is 11.3 Å². The van der Waals surface area contributed by atoms with Crippen LogP contribution in [0.1, 0.15) is 5.76 Å². The topological polar surface area (TPSA) is 57.0 Å². The van der Waals surface area contributed by atoms with Gasteiger partial charge in [-0.3, -0.25) is 4.68 Å². The minimum absolute atomic E-state index is 0.647. The molecule has 0 unspecified atom stereocenters. The Balaban J connectivity index is 2.46. The van der Waals surface area contributed by atoms with Gasteiger partial charge in [0.15, 0.2) is 0 Å². The maximum Gasteiger partial charge on any atom is 0.121 e. The van der Waals surface area contributed by atoms with Crippen LogP contribution in [0.25, 0.3) is 11.3 Å². The van der Waals surface area contributed by atoms with Crippen LogP contribution in [0.2, 0.25) is 0 Å². The van der Waals surface area contributed by atoms with Crippen LogP contribution >= 0.6 is 0 Å². The van der Waals surface area contributed by atoms with Gasteiger partial charge in [0.1, 0.15) is 17.8 Å². The molecule has 2 aromatic heterocycles. The first-order chi connectivity index (χ1) is 6.16. The molecule has 0 saturated carbocycles.